The molecule has 1 aliphatic heterocycles. The lowest BCUT2D eigenvalue weighted by atomic mass is 10.0. The van der Waals surface area contributed by atoms with Crippen LogP contribution in [0.4, 0.5) is 5.69 Å². The van der Waals surface area contributed by atoms with Gasteiger partial charge in [0.2, 0.25) is 5.91 Å². The predicted molar refractivity (Wildman–Crippen MR) is 77.8 cm³/mol. The van der Waals surface area contributed by atoms with Gasteiger partial charge in [-0.3, -0.25) is 14.9 Å². The first-order valence-corrected chi connectivity index (χ1v) is 6.33. The molecule has 1 heterocycles. The van der Waals surface area contributed by atoms with Crippen molar-refractivity contribution in [1.82, 2.24) is 4.90 Å². The van der Waals surface area contributed by atoms with Gasteiger partial charge in [0.1, 0.15) is 0 Å². The third-order valence-electron chi connectivity index (χ3n) is 3.37. The van der Waals surface area contributed by atoms with E-state index in [0.29, 0.717) is 18.7 Å². The number of non-ortho nitro benzene ring substituents is 1. The van der Waals surface area contributed by atoms with Crippen LogP contribution in [-0.2, 0) is 11.2 Å². The van der Waals surface area contributed by atoms with Gasteiger partial charge in [-0.1, -0.05) is 12.1 Å². The van der Waals surface area contributed by atoms with Gasteiger partial charge in [0.15, 0.2) is 0 Å². The summed E-state index contributed by atoms with van der Waals surface area (Å²) in [6.45, 7) is 1.35. The van der Waals surface area contributed by atoms with Crippen LogP contribution >= 0.6 is 12.4 Å². The van der Waals surface area contributed by atoms with Gasteiger partial charge in [0.25, 0.3) is 5.69 Å². The molecule has 0 radical (unpaired) electrons. The van der Waals surface area contributed by atoms with Gasteiger partial charge in [-0.15, -0.1) is 12.4 Å². The van der Waals surface area contributed by atoms with Crippen LogP contribution in [-0.4, -0.2) is 34.9 Å². The maximum absolute atomic E-state index is 12.1. The molecular formula is C13H18ClN3O3. The summed E-state index contributed by atoms with van der Waals surface area (Å²) in [5.74, 6) is 0.00685. The molecule has 0 spiro atoms. The van der Waals surface area contributed by atoms with Gasteiger partial charge in [-0.2, -0.15) is 0 Å². The Morgan fingerprint density at radius 1 is 1.40 bits per heavy atom. The first kappa shape index (κ1) is 16.4. The van der Waals surface area contributed by atoms with Gasteiger partial charge < -0.3 is 10.6 Å². The molecule has 20 heavy (non-hydrogen) atoms. The van der Waals surface area contributed by atoms with Crippen molar-refractivity contribution in [1.29, 1.82) is 0 Å². The number of likely N-dealkylation sites (tertiary alicyclic amines) is 1. The van der Waals surface area contributed by atoms with Crippen LogP contribution in [0, 0.1) is 10.1 Å². The summed E-state index contributed by atoms with van der Waals surface area (Å²) >= 11 is 0. The molecule has 110 valence electrons. The zero-order valence-electron chi connectivity index (χ0n) is 11.0. The highest BCUT2D eigenvalue weighted by molar-refractivity contribution is 5.85. The van der Waals surface area contributed by atoms with E-state index in [0.717, 1.165) is 12.8 Å². The molecule has 2 N–H and O–H groups in total. The van der Waals surface area contributed by atoms with Crippen molar-refractivity contribution < 1.29 is 9.72 Å². The second-order valence-corrected chi connectivity index (χ2v) is 4.82. The molecule has 1 amide bonds. The molecular weight excluding hydrogens is 282 g/mol. The number of benzene rings is 1. The summed E-state index contributed by atoms with van der Waals surface area (Å²) in [7, 11) is 0. The van der Waals surface area contributed by atoms with Gasteiger partial charge in [0, 0.05) is 31.3 Å². The average molecular weight is 300 g/mol. The first-order chi connectivity index (χ1) is 9.06. The number of amides is 1. The van der Waals surface area contributed by atoms with Crippen LogP contribution in [0.1, 0.15) is 18.4 Å². The highest BCUT2D eigenvalue weighted by Gasteiger charge is 2.20. The third-order valence-corrected chi connectivity index (χ3v) is 3.37. The smallest absolute Gasteiger partial charge is 0.269 e. The van der Waals surface area contributed by atoms with Crippen LogP contribution in [0.15, 0.2) is 24.3 Å². The Labute approximate surface area is 123 Å². The molecule has 1 aliphatic rings. The van der Waals surface area contributed by atoms with Crippen LogP contribution < -0.4 is 5.73 Å². The second kappa shape index (κ2) is 7.21. The number of halogens is 1. The zero-order chi connectivity index (χ0) is 13.8. The maximum atomic E-state index is 12.1. The fourth-order valence-corrected chi connectivity index (χ4v) is 2.22. The number of nitrogens with zero attached hydrogens (tertiary/aromatic N) is 2. The minimum absolute atomic E-state index is 0. The van der Waals surface area contributed by atoms with E-state index in [1.54, 1.807) is 17.0 Å². The summed E-state index contributed by atoms with van der Waals surface area (Å²) in [6, 6.07) is 6.40. The van der Waals surface area contributed by atoms with Crippen LogP contribution in [0.3, 0.4) is 0 Å². The van der Waals surface area contributed by atoms with E-state index < -0.39 is 4.92 Å². The van der Waals surface area contributed by atoms with Gasteiger partial charge in [-0.25, -0.2) is 0 Å². The minimum Gasteiger partial charge on any atom is -0.342 e. The van der Waals surface area contributed by atoms with Crippen molar-refractivity contribution in [3.05, 3.63) is 39.9 Å². The Morgan fingerprint density at radius 3 is 2.65 bits per heavy atom. The van der Waals surface area contributed by atoms with Crippen LogP contribution in [0.2, 0.25) is 0 Å². The summed E-state index contributed by atoms with van der Waals surface area (Å²) in [5.41, 5.74) is 6.48. The number of nitro groups is 1. The van der Waals surface area contributed by atoms with E-state index in [2.05, 4.69) is 0 Å². The fourth-order valence-electron chi connectivity index (χ4n) is 2.22. The average Bonchev–Trinajstić information content (AvgIpc) is 2.39. The number of rotatable bonds is 3. The number of carbonyl (C=O) groups excluding carboxylic acids is 1. The Bertz CT molecular complexity index is 488. The molecule has 0 aromatic heterocycles. The maximum Gasteiger partial charge on any atom is 0.269 e. The lowest BCUT2D eigenvalue weighted by Crippen LogP contribution is -2.43. The number of nitrogens with two attached hydrogens (primary N) is 1. The van der Waals surface area contributed by atoms with E-state index in [4.69, 9.17) is 5.73 Å². The molecule has 1 fully saturated rings. The monoisotopic (exact) mass is 299 g/mol. The highest BCUT2D eigenvalue weighted by atomic mass is 35.5. The summed E-state index contributed by atoms with van der Waals surface area (Å²) < 4.78 is 0. The Morgan fingerprint density at radius 2 is 2.05 bits per heavy atom. The number of nitro benzene ring substituents is 1. The molecule has 6 nitrogen and oxygen atoms in total. The van der Waals surface area contributed by atoms with Crippen molar-refractivity contribution in [3.63, 3.8) is 0 Å². The van der Waals surface area contributed by atoms with Crippen molar-refractivity contribution >= 4 is 24.0 Å². The summed E-state index contributed by atoms with van der Waals surface area (Å²) in [6.07, 6.45) is 1.85. The van der Waals surface area contributed by atoms with Crippen LogP contribution in [0.5, 0.6) is 0 Å². The Kier molecular flexibility index (Phi) is 5.91. The SMILES string of the molecule is Cl.NC1CCN(C(=O)Cc2cccc([N+](=O)[O-])c2)CC1. The van der Waals surface area contributed by atoms with E-state index >= 15 is 0 Å². The summed E-state index contributed by atoms with van der Waals surface area (Å²) in [5, 5.41) is 10.7. The third kappa shape index (κ3) is 4.18. The Hall–Kier alpha value is -1.66. The number of hydrogen-bond acceptors (Lipinski definition) is 4. The fraction of sp³-hybridized carbons (Fsp3) is 0.462. The highest BCUT2D eigenvalue weighted by Crippen LogP contribution is 2.15. The molecule has 1 aromatic carbocycles. The van der Waals surface area contributed by atoms with Gasteiger partial charge in [-0.05, 0) is 18.4 Å². The van der Waals surface area contributed by atoms with Crippen molar-refractivity contribution in [3.8, 4) is 0 Å². The first-order valence-electron chi connectivity index (χ1n) is 6.33. The van der Waals surface area contributed by atoms with Crippen molar-refractivity contribution in [2.45, 2.75) is 25.3 Å². The molecule has 0 aliphatic carbocycles. The lowest BCUT2D eigenvalue weighted by molar-refractivity contribution is -0.384. The second-order valence-electron chi connectivity index (χ2n) is 4.82. The molecule has 0 saturated carbocycles. The molecule has 7 heteroatoms. The number of carbonyl (C=O) groups is 1. The lowest BCUT2D eigenvalue weighted by Gasteiger charge is -2.30. The van der Waals surface area contributed by atoms with Crippen molar-refractivity contribution in [2.24, 2.45) is 5.73 Å². The van der Waals surface area contributed by atoms with E-state index in [1.165, 1.54) is 12.1 Å². The van der Waals surface area contributed by atoms with E-state index in [9.17, 15) is 14.9 Å². The Balaban J connectivity index is 0.00000200. The predicted octanol–water partition coefficient (Wildman–Crippen LogP) is 1.51. The van der Waals surface area contributed by atoms with E-state index in [-0.39, 0.29) is 36.5 Å². The molecule has 1 aromatic rings. The summed E-state index contributed by atoms with van der Waals surface area (Å²) in [4.78, 5) is 24.1. The van der Waals surface area contributed by atoms with Crippen LogP contribution in [0.25, 0.3) is 0 Å². The number of hydrogen-bond donors (Lipinski definition) is 1. The molecule has 0 atom stereocenters. The van der Waals surface area contributed by atoms with Gasteiger partial charge in [0.05, 0.1) is 11.3 Å². The molecule has 2 rings (SSSR count). The van der Waals surface area contributed by atoms with Gasteiger partial charge >= 0.3 is 0 Å². The standard InChI is InChI=1S/C13H17N3O3.ClH/c14-11-4-6-15(7-5-11)13(17)9-10-2-1-3-12(8-10)16(18)19;/h1-3,8,11H,4-7,9,14H2;1H. The normalized spacial score (nSPS) is 15.6. The number of piperidine rings is 1. The zero-order valence-corrected chi connectivity index (χ0v) is 11.8. The van der Waals surface area contributed by atoms with E-state index in [1.807, 2.05) is 0 Å². The molecule has 1 saturated heterocycles. The largest absolute Gasteiger partial charge is 0.342 e. The van der Waals surface area contributed by atoms with Crippen molar-refractivity contribution in [2.75, 3.05) is 13.1 Å². The quantitative estimate of drug-likeness (QED) is 0.676. The molecule has 0 unspecified atom stereocenters. The minimum atomic E-state index is -0.451. The molecule has 0 bridgehead atoms. The topological polar surface area (TPSA) is 89.5 Å².